The number of carbonyl (C=O) groups excluding carboxylic acids is 2. The number of carbonyl (C=O) groups is 2. The molecule has 2 aliphatic heterocycles. The highest BCUT2D eigenvalue weighted by atomic mass is 35.5. The van der Waals surface area contributed by atoms with E-state index in [0.29, 0.717) is 24.7 Å². The predicted molar refractivity (Wildman–Crippen MR) is 107 cm³/mol. The number of rotatable bonds is 1. The van der Waals surface area contributed by atoms with Crippen LogP contribution in [0.15, 0.2) is 18.2 Å². The van der Waals surface area contributed by atoms with E-state index in [9.17, 15) is 9.59 Å². The molecule has 1 saturated carbocycles. The van der Waals surface area contributed by atoms with Gasteiger partial charge in [0.05, 0.1) is 5.54 Å². The van der Waals surface area contributed by atoms with Gasteiger partial charge in [-0.1, -0.05) is 30.9 Å². The van der Waals surface area contributed by atoms with Crippen LogP contribution in [0.4, 0.5) is 5.69 Å². The third-order valence-electron chi connectivity index (χ3n) is 6.84. The predicted octanol–water partition coefficient (Wildman–Crippen LogP) is 3.23. The van der Waals surface area contributed by atoms with Gasteiger partial charge in [-0.2, -0.15) is 0 Å². The third kappa shape index (κ3) is 3.15. The van der Waals surface area contributed by atoms with Crippen LogP contribution in [-0.2, 0) is 15.0 Å². The van der Waals surface area contributed by atoms with Gasteiger partial charge in [-0.3, -0.25) is 9.59 Å². The van der Waals surface area contributed by atoms with Gasteiger partial charge in [-0.05, 0) is 49.4 Å². The maximum atomic E-state index is 13.1. The van der Waals surface area contributed by atoms with Crippen LogP contribution in [0.2, 0.25) is 5.02 Å². The maximum absolute atomic E-state index is 13.1. The van der Waals surface area contributed by atoms with Gasteiger partial charge < -0.3 is 15.5 Å². The molecule has 1 aliphatic carbocycles. The first-order valence-electron chi connectivity index (χ1n) is 10.0. The molecule has 1 spiro atoms. The van der Waals surface area contributed by atoms with Gasteiger partial charge in [0, 0.05) is 42.7 Å². The minimum absolute atomic E-state index is 0.0528. The number of piperidine rings is 1. The van der Waals surface area contributed by atoms with E-state index in [2.05, 4.69) is 0 Å². The van der Waals surface area contributed by atoms with Crippen molar-refractivity contribution < 1.29 is 9.59 Å². The number of likely N-dealkylation sites (tertiary alicyclic amines) is 1. The minimum Gasteiger partial charge on any atom is -0.341 e. The van der Waals surface area contributed by atoms with E-state index < -0.39 is 5.54 Å². The molecule has 1 aromatic rings. The van der Waals surface area contributed by atoms with Crippen LogP contribution in [0.5, 0.6) is 0 Å². The number of nitrogens with two attached hydrogens (primary N) is 1. The molecule has 5 nitrogen and oxygen atoms in total. The number of anilines is 1. The van der Waals surface area contributed by atoms with E-state index in [-0.39, 0.29) is 17.2 Å². The molecule has 4 rings (SSSR count). The molecule has 2 fully saturated rings. The monoisotopic (exact) mass is 389 g/mol. The van der Waals surface area contributed by atoms with Crippen molar-refractivity contribution in [1.29, 1.82) is 0 Å². The first kappa shape index (κ1) is 18.8. The van der Waals surface area contributed by atoms with Crippen LogP contribution in [0, 0.1) is 0 Å². The molecule has 3 aliphatic rings. The van der Waals surface area contributed by atoms with Crippen LogP contribution in [0.1, 0.15) is 57.4 Å². The van der Waals surface area contributed by atoms with E-state index in [4.69, 9.17) is 17.3 Å². The van der Waals surface area contributed by atoms with Crippen molar-refractivity contribution >= 4 is 29.1 Å². The van der Waals surface area contributed by atoms with Crippen LogP contribution in [-0.4, -0.2) is 41.9 Å². The summed E-state index contributed by atoms with van der Waals surface area (Å²) in [6.45, 7) is 3.66. The Morgan fingerprint density at radius 2 is 1.74 bits per heavy atom. The Kier molecular flexibility index (Phi) is 4.71. The zero-order valence-electron chi connectivity index (χ0n) is 16.0. The molecule has 27 heavy (non-hydrogen) atoms. The van der Waals surface area contributed by atoms with Crippen molar-refractivity contribution in [2.75, 3.05) is 24.5 Å². The lowest BCUT2D eigenvalue weighted by Gasteiger charge is -2.43. The largest absolute Gasteiger partial charge is 0.341 e. The summed E-state index contributed by atoms with van der Waals surface area (Å²) in [7, 11) is 0. The number of halogens is 1. The summed E-state index contributed by atoms with van der Waals surface area (Å²) in [6, 6.07) is 5.79. The first-order valence-corrected chi connectivity index (χ1v) is 10.4. The van der Waals surface area contributed by atoms with Gasteiger partial charge in [0.2, 0.25) is 11.8 Å². The van der Waals surface area contributed by atoms with E-state index >= 15 is 0 Å². The summed E-state index contributed by atoms with van der Waals surface area (Å²) in [5, 5.41) is 0.695. The molecule has 2 amide bonds. The molecule has 1 aromatic carbocycles. The molecule has 146 valence electrons. The number of hydrogen-bond donors (Lipinski definition) is 1. The Labute approximate surface area is 165 Å². The average molecular weight is 390 g/mol. The highest BCUT2D eigenvalue weighted by Gasteiger charge is 2.48. The van der Waals surface area contributed by atoms with E-state index in [1.54, 1.807) is 6.92 Å². The molecule has 0 bridgehead atoms. The van der Waals surface area contributed by atoms with Crippen LogP contribution in [0.25, 0.3) is 0 Å². The molecule has 6 heteroatoms. The van der Waals surface area contributed by atoms with E-state index in [1.165, 1.54) is 6.42 Å². The van der Waals surface area contributed by atoms with Crippen LogP contribution in [0.3, 0.4) is 0 Å². The third-order valence-corrected chi connectivity index (χ3v) is 7.08. The lowest BCUT2D eigenvalue weighted by Crippen LogP contribution is -2.59. The smallest absolute Gasteiger partial charge is 0.242 e. The topological polar surface area (TPSA) is 66.6 Å². The number of hydrogen-bond acceptors (Lipinski definition) is 3. The van der Waals surface area contributed by atoms with Crippen molar-refractivity contribution in [3.8, 4) is 0 Å². The molecule has 0 atom stereocenters. The van der Waals surface area contributed by atoms with Crippen molar-refractivity contribution in [3.05, 3.63) is 28.8 Å². The Morgan fingerprint density at radius 3 is 2.37 bits per heavy atom. The molecular weight excluding hydrogens is 362 g/mol. The van der Waals surface area contributed by atoms with E-state index in [1.807, 2.05) is 28.0 Å². The second-order valence-electron chi connectivity index (χ2n) is 8.56. The Bertz CT molecular complexity index is 765. The molecule has 2 N–H and O–H groups in total. The van der Waals surface area contributed by atoms with Gasteiger partial charge in [0.1, 0.15) is 0 Å². The van der Waals surface area contributed by atoms with Gasteiger partial charge >= 0.3 is 0 Å². The molecule has 0 radical (unpaired) electrons. The standard InChI is InChI=1S/C21H28ClN3O2/c1-15(26)25-14-20(17-13-16(22)5-6-18(17)25)9-11-24(12-10-20)19(27)21(23)7-3-2-4-8-21/h5-6,13H,2-4,7-12,14,23H2,1H3. The average Bonchev–Trinajstić information content (AvgIpc) is 2.96. The van der Waals surface area contributed by atoms with Crippen molar-refractivity contribution in [3.63, 3.8) is 0 Å². The fourth-order valence-corrected chi connectivity index (χ4v) is 5.37. The summed E-state index contributed by atoms with van der Waals surface area (Å²) in [4.78, 5) is 29.0. The van der Waals surface area contributed by atoms with Crippen molar-refractivity contribution in [1.82, 2.24) is 4.90 Å². The minimum atomic E-state index is -0.676. The number of amides is 2. The first-order chi connectivity index (χ1) is 12.8. The van der Waals surface area contributed by atoms with Gasteiger partial charge in [0.25, 0.3) is 0 Å². The summed E-state index contributed by atoms with van der Waals surface area (Å²) in [6.07, 6.45) is 6.53. The second-order valence-corrected chi connectivity index (χ2v) is 8.99. The zero-order chi connectivity index (χ0) is 19.2. The normalized spacial score (nSPS) is 23.4. The van der Waals surface area contributed by atoms with Gasteiger partial charge in [-0.15, -0.1) is 0 Å². The van der Waals surface area contributed by atoms with Crippen LogP contribution < -0.4 is 10.6 Å². The molecule has 1 saturated heterocycles. The zero-order valence-corrected chi connectivity index (χ0v) is 16.7. The number of nitrogens with zero attached hydrogens (tertiary/aromatic N) is 2. The lowest BCUT2D eigenvalue weighted by atomic mass is 9.73. The van der Waals surface area contributed by atoms with E-state index in [0.717, 1.165) is 49.8 Å². The maximum Gasteiger partial charge on any atom is 0.242 e. The summed E-state index contributed by atoms with van der Waals surface area (Å²) in [5.41, 5.74) is 7.80. The Morgan fingerprint density at radius 1 is 1.07 bits per heavy atom. The highest BCUT2D eigenvalue weighted by molar-refractivity contribution is 6.30. The summed E-state index contributed by atoms with van der Waals surface area (Å²) in [5.74, 6) is 0.168. The summed E-state index contributed by atoms with van der Waals surface area (Å²) < 4.78 is 0. The molecule has 0 aromatic heterocycles. The molecule has 0 unspecified atom stereocenters. The number of fused-ring (bicyclic) bond motifs is 2. The fourth-order valence-electron chi connectivity index (χ4n) is 5.20. The highest BCUT2D eigenvalue weighted by Crippen LogP contribution is 2.48. The summed E-state index contributed by atoms with van der Waals surface area (Å²) >= 11 is 6.27. The van der Waals surface area contributed by atoms with Gasteiger partial charge in [-0.25, -0.2) is 0 Å². The Hall–Kier alpha value is -1.59. The quantitative estimate of drug-likeness (QED) is 0.801. The van der Waals surface area contributed by atoms with Crippen LogP contribution >= 0.6 is 11.6 Å². The fraction of sp³-hybridized carbons (Fsp3) is 0.619. The molecule has 2 heterocycles. The van der Waals surface area contributed by atoms with Gasteiger partial charge in [0.15, 0.2) is 0 Å². The number of benzene rings is 1. The lowest BCUT2D eigenvalue weighted by molar-refractivity contribution is -0.140. The van der Waals surface area contributed by atoms with Crippen molar-refractivity contribution in [2.45, 2.75) is 62.8 Å². The Balaban J connectivity index is 1.54. The molecular formula is C21H28ClN3O2. The van der Waals surface area contributed by atoms with Crippen molar-refractivity contribution in [2.24, 2.45) is 5.73 Å². The SMILES string of the molecule is CC(=O)N1CC2(CCN(C(=O)C3(N)CCCCC3)CC2)c2cc(Cl)ccc21. The second kappa shape index (κ2) is 6.78.